The summed E-state index contributed by atoms with van der Waals surface area (Å²) in [6.07, 6.45) is 0.0376. The van der Waals surface area contributed by atoms with Crippen molar-refractivity contribution in [2.24, 2.45) is 5.73 Å². The molecule has 0 fully saturated rings. The molecule has 0 aliphatic rings. The van der Waals surface area contributed by atoms with Crippen molar-refractivity contribution < 1.29 is 13.9 Å². The van der Waals surface area contributed by atoms with E-state index in [1.807, 2.05) is 0 Å². The minimum Gasteiger partial charge on any atom is -0.466 e. The van der Waals surface area contributed by atoms with Crippen LogP contribution in [0.2, 0.25) is 0 Å². The van der Waals surface area contributed by atoms with Crippen LogP contribution in [0.3, 0.4) is 0 Å². The number of rotatable bonds is 4. The van der Waals surface area contributed by atoms with Crippen LogP contribution in [0.5, 0.6) is 0 Å². The van der Waals surface area contributed by atoms with E-state index in [0.29, 0.717) is 16.6 Å². The Bertz CT molecular complexity index is 384. The van der Waals surface area contributed by atoms with Crippen LogP contribution in [0.1, 0.15) is 24.9 Å². The fraction of sp³-hybridized carbons (Fsp3) is 0.364. The molecule has 0 bridgehead atoms. The molecule has 0 saturated heterocycles. The van der Waals surface area contributed by atoms with E-state index in [4.69, 9.17) is 10.5 Å². The first-order chi connectivity index (χ1) is 7.54. The monoisotopic (exact) mass is 289 g/mol. The second kappa shape index (κ2) is 5.96. The number of ether oxygens (including phenoxy) is 1. The highest BCUT2D eigenvalue weighted by Gasteiger charge is 2.15. The summed E-state index contributed by atoms with van der Waals surface area (Å²) < 4.78 is 18.5. The van der Waals surface area contributed by atoms with Gasteiger partial charge in [0.25, 0.3) is 0 Å². The molecule has 1 rings (SSSR count). The molecule has 5 heteroatoms. The largest absolute Gasteiger partial charge is 0.466 e. The lowest BCUT2D eigenvalue weighted by Gasteiger charge is -2.13. The summed E-state index contributed by atoms with van der Waals surface area (Å²) in [5, 5.41) is 0. The molecule has 0 aliphatic heterocycles. The van der Waals surface area contributed by atoms with Gasteiger partial charge in [0.1, 0.15) is 5.82 Å². The molecule has 0 unspecified atom stereocenters. The SMILES string of the molecule is CCOC(=O)C[C@H](N)c1cc(F)ccc1Br. The molecule has 0 spiro atoms. The Morgan fingerprint density at radius 1 is 1.62 bits per heavy atom. The number of benzene rings is 1. The zero-order valence-electron chi connectivity index (χ0n) is 8.87. The van der Waals surface area contributed by atoms with E-state index >= 15 is 0 Å². The Labute approximate surface area is 102 Å². The van der Waals surface area contributed by atoms with Crippen molar-refractivity contribution in [2.45, 2.75) is 19.4 Å². The molecular formula is C11H13BrFNO2. The lowest BCUT2D eigenvalue weighted by atomic mass is 10.0. The zero-order chi connectivity index (χ0) is 12.1. The van der Waals surface area contributed by atoms with Crippen molar-refractivity contribution in [3.63, 3.8) is 0 Å². The summed E-state index contributed by atoms with van der Waals surface area (Å²) >= 11 is 3.26. The van der Waals surface area contributed by atoms with Crippen molar-refractivity contribution >= 4 is 21.9 Å². The van der Waals surface area contributed by atoms with Gasteiger partial charge in [0.2, 0.25) is 0 Å². The minimum absolute atomic E-state index is 0.0376. The third-order valence-corrected chi connectivity index (χ3v) is 2.77. The van der Waals surface area contributed by atoms with Crippen LogP contribution >= 0.6 is 15.9 Å². The zero-order valence-corrected chi connectivity index (χ0v) is 10.5. The number of hydrogen-bond donors (Lipinski definition) is 1. The second-order valence-corrected chi connectivity index (χ2v) is 4.14. The van der Waals surface area contributed by atoms with Gasteiger partial charge in [-0.05, 0) is 30.7 Å². The van der Waals surface area contributed by atoms with E-state index in [2.05, 4.69) is 15.9 Å². The van der Waals surface area contributed by atoms with Crippen LogP contribution in [-0.2, 0) is 9.53 Å². The molecule has 0 heterocycles. The van der Waals surface area contributed by atoms with E-state index in [-0.39, 0.29) is 18.2 Å². The van der Waals surface area contributed by atoms with Crippen molar-refractivity contribution in [3.05, 3.63) is 34.1 Å². The highest BCUT2D eigenvalue weighted by atomic mass is 79.9. The van der Waals surface area contributed by atoms with Crippen molar-refractivity contribution in [1.82, 2.24) is 0 Å². The Kier molecular flexibility index (Phi) is 4.89. The van der Waals surface area contributed by atoms with Crippen LogP contribution in [-0.4, -0.2) is 12.6 Å². The van der Waals surface area contributed by atoms with Gasteiger partial charge in [-0.1, -0.05) is 15.9 Å². The minimum atomic E-state index is -0.566. The van der Waals surface area contributed by atoms with Gasteiger partial charge < -0.3 is 10.5 Å². The van der Waals surface area contributed by atoms with Crippen LogP contribution in [0.25, 0.3) is 0 Å². The first kappa shape index (κ1) is 13.1. The van der Waals surface area contributed by atoms with Gasteiger partial charge in [0.15, 0.2) is 0 Å². The first-order valence-electron chi connectivity index (χ1n) is 4.90. The highest BCUT2D eigenvalue weighted by molar-refractivity contribution is 9.10. The highest BCUT2D eigenvalue weighted by Crippen LogP contribution is 2.25. The summed E-state index contributed by atoms with van der Waals surface area (Å²) in [7, 11) is 0. The van der Waals surface area contributed by atoms with E-state index < -0.39 is 6.04 Å². The Morgan fingerprint density at radius 3 is 2.94 bits per heavy atom. The van der Waals surface area contributed by atoms with Gasteiger partial charge in [-0.2, -0.15) is 0 Å². The third kappa shape index (κ3) is 3.57. The standard InChI is InChI=1S/C11H13BrFNO2/c1-2-16-11(15)6-10(14)8-5-7(13)3-4-9(8)12/h3-5,10H,2,6,14H2,1H3/t10-/m0/s1. The smallest absolute Gasteiger partial charge is 0.307 e. The maximum absolute atomic E-state index is 13.0. The van der Waals surface area contributed by atoms with Crippen LogP contribution in [0.4, 0.5) is 4.39 Å². The summed E-state index contributed by atoms with van der Waals surface area (Å²) in [5.74, 6) is -0.760. The maximum Gasteiger partial charge on any atom is 0.307 e. The Balaban J connectivity index is 2.76. The lowest BCUT2D eigenvalue weighted by molar-refractivity contribution is -0.143. The van der Waals surface area contributed by atoms with Crippen LogP contribution in [0.15, 0.2) is 22.7 Å². The number of esters is 1. The van der Waals surface area contributed by atoms with E-state index in [1.54, 1.807) is 13.0 Å². The summed E-state index contributed by atoms with van der Waals surface area (Å²) in [5.41, 5.74) is 6.36. The molecule has 1 aromatic carbocycles. The number of halogens is 2. The number of nitrogens with two attached hydrogens (primary N) is 1. The van der Waals surface area contributed by atoms with Gasteiger partial charge in [0.05, 0.1) is 13.0 Å². The van der Waals surface area contributed by atoms with E-state index in [1.165, 1.54) is 12.1 Å². The average molecular weight is 290 g/mol. The van der Waals surface area contributed by atoms with Gasteiger partial charge in [0, 0.05) is 10.5 Å². The van der Waals surface area contributed by atoms with Crippen molar-refractivity contribution in [2.75, 3.05) is 6.61 Å². The topological polar surface area (TPSA) is 52.3 Å². The maximum atomic E-state index is 13.0. The molecule has 0 radical (unpaired) electrons. The Hall–Kier alpha value is -0.940. The predicted molar refractivity (Wildman–Crippen MR) is 62.3 cm³/mol. The van der Waals surface area contributed by atoms with Crippen LogP contribution < -0.4 is 5.73 Å². The molecule has 3 nitrogen and oxygen atoms in total. The molecule has 16 heavy (non-hydrogen) atoms. The Morgan fingerprint density at radius 2 is 2.31 bits per heavy atom. The molecule has 0 saturated carbocycles. The quantitative estimate of drug-likeness (QED) is 0.867. The predicted octanol–water partition coefficient (Wildman–Crippen LogP) is 2.54. The molecule has 0 aromatic heterocycles. The van der Waals surface area contributed by atoms with E-state index in [9.17, 15) is 9.18 Å². The van der Waals surface area contributed by atoms with Crippen molar-refractivity contribution in [3.8, 4) is 0 Å². The molecule has 1 atom stereocenters. The molecular weight excluding hydrogens is 277 g/mol. The first-order valence-corrected chi connectivity index (χ1v) is 5.70. The molecule has 2 N–H and O–H groups in total. The average Bonchev–Trinajstić information content (AvgIpc) is 2.21. The normalized spacial score (nSPS) is 12.2. The molecule has 0 amide bonds. The van der Waals surface area contributed by atoms with E-state index in [0.717, 1.165) is 0 Å². The lowest BCUT2D eigenvalue weighted by Crippen LogP contribution is -2.17. The summed E-state index contributed by atoms with van der Waals surface area (Å²) in [4.78, 5) is 11.2. The molecule has 88 valence electrons. The third-order valence-electron chi connectivity index (χ3n) is 2.05. The molecule has 1 aromatic rings. The fourth-order valence-electron chi connectivity index (χ4n) is 1.31. The number of carbonyl (C=O) groups excluding carboxylic acids is 1. The van der Waals surface area contributed by atoms with Gasteiger partial charge >= 0.3 is 5.97 Å². The summed E-state index contributed by atoms with van der Waals surface area (Å²) in [6, 6.07) is 3.64. The van der Waals surface area contributed by atoms with Gasteiger partial charge in [-0.3, -0.25) is 4.79 Å². The number of carbonyl (C=O) groups is 1. The molecule has 0 aliphatic carbocycles. The van der Waals surface area contributed by atoms with Gasteiger partial charge in [-0.25, -0.2) is 4.39 Å². The number of hydrogen-bond acceptors (Lipinski definition) is 3. The van der Waals surface area contributed by atoms with Crippen molar-refractivity contribution in [1.29, 1.82) is 0 Å². The summed E-state index contributed by atoms with van der Waals surface area (Å²) in [6.45, 7) is 2.04. The van der Waals surface area contributed by atoms with Gasteiger partial charge in [-0.15, -0.1) is 0 Å². The fourth-order valence-corrected chi connectivity index (χ4v) is 1.85. The van der Waals surface area contributed by atoms with Crippen LogP contribution in [0, 0.1) is 5.82 Å². The second-order valence-electron chi connectivity index (χ2n) is 3.28.